The minimum absolute atomic E-state index is 0.259. The third-order valence-electron chi connectivity index (χ3n) is 7.21. The van der Waals surface area contributed by atoms with Gasteiger partial charge in [0, 0.05) is 37.1 Å². The molecule has 0 bridgehead atoms. The van der Waals surface area contributed by atoms with Crippen molar-refractivity contribution < 1.29 is 9.13 Å². The number of anilines is 3. The zero-order chi connectivity index (χ0) is 24.4. The average molecular weight is 499 g/mol. The fourth-order valence-corrected chi connectivity index (χ4v) is 5.57. The zero-order valence-electron chi connectivity index (χ0n) is 20.3. The van der Waals surface area contributed by atoms with Crippen LogP contribution in [0, 0.1) is 11.2 Å². The van der Waals surface area contributed by atoms with Gasteiger partial charge in [0.2, 0.25) is 0 Å². The van der Waals surface area contributed by atoms with Crippen molar-refractivity contribution in [1.29, 1.82) is 0 Å². The number of hydrogen-bond acceptors (Lipinski definition) is 7. The number of hydrogen-bond donors (Lipinski definition) is 2. The molecular formula is C26H32ClFN6O. The number of ether oxygens (including phenoxy) is 1. The molecule has 1 unspecified atom stereocenters. The molecule has 1 aromatic heterocycles. The van der Waals surface area contributed by atoms with Crippen molar-refractivity contribution in [2.45, 2.75) is 19.3 Å². The van der Waals surface area contributed by atoms with E-state index in [1.165, 1.54) is 63.5 Å². The van der Waals surface area contributed by atoms with E-state index in [1.807, 2.05) is 19.2 Å². The SMILES string of the molecule is CNc1cc2ncnc(Nc3cc(Cl)ccc3F)c2cc1OCCCN1CCC2(CCN(C)C2)C1. The Morgan fingerprint density at radius 1 is 1.11 bits per heavy atom. The van der Waals surface area contributed by atoms with Crippen molar-refractivity contribution in [2.24, 2.45) is 5.41 Å². The van der Waals surface area contributed by atoms with E-state index in [1.54, 1.807) is 0 Å². The quantitative estimate of drug-likeness (QED) is 0.423. The molecule has 3 heterocycles. The van der Waals surface area contributed by atoms with Gasteiger partial charge in [0.25, 0.3) is 0 Å². The molecule has 1 spiro atoms. The lowest BCUT2D eigenvalue weighted by molar-refractivity contribution is 0.232. The first-order valence-electron chi connectivity index (χ1n) is 12.2. The van der Waals surface area contributed by atoms with Crippen LogP contribution < -0.4 is 15.4 Å². The third-order valence-corrected chi connectivity index (χ3v) is 7.45. The first-order chi connectivity index (χ1) is 16.9. The standard InChI is InChI=1S/C26H32ClFN6O/c1-29-23-14-21-19(25(31-17-30-21)32-22-12-18(27)4-5-20(22)28)13-24(23)35-11-3-8-34-10-7-26(16-34)6-9-33(2)15-26/h4-5,12-14,17,29H,3,6-11,15-16H2,1-2H3,(H,30,31,32). The van der Waals surface area contributed by atoms with Gasteiger partial charge in [-0.3, -0.25) is 0 Å². The van der Waals surface area contributed by atoms with Crippen LogP contribution in [0.5, 0.6) is 5.75 Å². The van der Waals surface area contributed by atoms with Gasteiger partial charge in [-0.2, -0.15) is 0 Å². The van der Waals surface area contributed by atoms with Crippen LogP contribution in [0.15, 0.2) is 36.7 Å². The van der Waals surface area contributed by atoms with Crippen LogP contribution in [-0.2, 0) is 0 Å². The molecule has 0 amide bonds. The van der Waals surface area contributed by atoms with E-state index >= 15 is 0 Å². The van der Waals surface area contributed by atoms with Gasteiger partial charge in [-0.05, 0) is 75.1 Å². The molecule has 1 atom stereocenters. The Kier molecular flexibility index (Phi) is 6.95. The molecule has 35 heavy (non-hydrogen) atoms. The number of fused-ring (bicyclic) bond motifs is 1. The molecule has 0 saturated carbocycles. The van der Waals surface area contributed by atoms with E-state index in [0.29, 0.717) is 22.9 Å². The maximum Gasteiger partial charge on any atom is 0.146 e. The zero-order valence-corrected chi connectivity index (χ0v) is 21.0. The van der Waals surface area contributed by atoms with Crippen LogP contribution in [-0.4, -0.2) is 73.2 Å². The number of likely N-dealkylation sites (tertiary alicyclic amines) is 2. The van der Waals surface area contributed by atoms with Crippen molar-refractivity contribution in [3.05, 3.63) is 47.5 Å². The second-order valence-corrected chi connectivity index (χ2v) is 10.2. The van der Waals surface area contributed by atoms with Crippen molar-refractivity contribution in [3.63, 3.8) is 0 Å². The molecule has 2 saturated heterocycles. The second-order valence-electron chi connectivity index (χ2n) is 9.80. The third kappa shape index (κ3) is 5.29. The van der Waals surface area contributed by atoms with Gasteiger partial charge in [0.1, 0.15) is 23.7 Å². The van der Waals surface area contributed by atoms with Crippen LogP contribution in [0.2, 0.25) is 5.02 Å². The van der Waals surface area contributed by atoms with E-state index in [0.717, 1.165) is 35.3 Å². The van der Waals surface area contributed by atoms with Gasteiger partial charge >= 0.3 is 0 Å². The topological polar surface area (TPSA) is 65.6 Å². The van der Waals surface area contributed by atoms with Crippen molar-refractivity contribution >= 4 is 39.7 Å². The number of halogens is 2. The molecule has 0 radical (unpaired) electrons. The number of benzene rings is 2. The van der Waals surface area contributed by atoms with Gasteiger partial charge in [-0.15, -0.1) is 0 Å². The Morgan fingerprint density at radius 2 is 1.97 bits per heavy atom. The fraction of sp³-hybridized carbons (Fsp3) is 0.462. The molecule has 5 rings (SSSR count). The highest BCUT2D eigenvalue weighted by Crippen LogP contribution is 2.39. The first-order valence-corrected chi connectivity index (χ1v) is 12.5. The Hall–Kier alpha value is -2.68. The molecule has 9 heteroatoms. The summed E-state index contributed by atoms with van der Waals surface area (Å²) in [5.41, 5.74) is 2.34. The average Bonchev–Trinajstić information content (AvgIpc) is 3.43. The minimum atomic E-state index is -0.405. The highest BCUT2D eigenvalue weighted by molar-refractivity contribution is 6.30. The number of nitrogens with zero attached hydrogens (tertiary/aromatic N) is 4. The smallest absolute Gasteiger partial charge is 0.146 e. The fourth-order valence-electron chi connectivity index (χ4n) is 5.40. The van der Waals surface area contributed by atoms with E-state index < -0.39 is 5.82 Å². The van der Waals surface area contributed by atoms with Crippen LogP contribution >= 0.6 is 11.6 Å². The predicted molar refractivity (Wildman–Crippen MR) is 139 cm³/mol. The monoisotopic (exact) mass is 498 g/mol. The summed E-state index contributed by atoms with van der Waals surface area (Å²) >= 11 is 6.05. The Labute approximate surface area is 210 Å². The number of aromatic nitrogens is 2. The molecule has 2 aliphatic heterocycles. The Balaban J connectivity index is 1.26. The summed E-state index contributed by atoms with van der Waals surface area (Å²) in [5.74, 6) is 0.810. The van der Waals surface area contributed by atoms with Gasteiger partial charge in [0.15, 0.2) is 0 Å². The van der Waals surface area contributed by atoms with Crippen molar-refractivity contribution in [1.82, 2.24) is 19.8 Å². The van der Waals surface area contributed by atoms with Crippen LogP contribution in [0.25, 0.3) is 10.9 Å². The summed E-state index contributed by atoms with van der Waals surface area (Å²) in [5, 5.41) is 7.44. The van der Waals surface area contributed by atoms with Crippen LogP contribution in [0.4, 0.5) is 21.6 Å². The molecule has 7 nitrogen and oxygen atoms in total. The van der Waals surface area contributed by atoms with E-state index in [2.05, 4.69) is 37.4 Å². The number of rotatable bonds is 8. The Morgan fingerprint density at radius 3 is 2.77 bits per heavy atom. The molecule has 2 fully saturated rings. The molecular weight excluding hydrogens is 467 g/mol. The predicted octanol–water partition coefficient (Wildman–Crippen LogP) is 5.00. The summed E-state index contributed by atoms with van der Waals surface area (Å²) < 4.78 is 20.5. The van der Waals surface area contributed by atoms with E-state index in [4.69, 9.17) is 16.3 Å². The van der Waals surface area contributed by atoms with Gasteiger partial charge < -0.3 is 25.2 Å². The van der Waals surface area contributed by atoms with Gasteiger partial charge in [-0.25, -0.2) is 14.4 Å². The molecule has 3 aromatic rings. The Bertz CT molecular complexity index is 1210. The second kappa shape index (κ2) is 10.1. The molecule has 2 aliphatic rings. The summed E-state index contributed by atoms with van der Waals surface area (Å²) in [7, 11) is 4.09. The summed E-state index contributed by atoms with van der Waals surface area (Å²) in [6.07, 6.45) is 5.03. The summed E-state index contributed by atoms with van der Waals surface area (Å²) in [6.45, 7) is 6.47. The summed E-state index contributed by atoms with van der Waals surface area (Å²) in [6, 6.07) is 8.21. The summed E-state index contributed by atoms with van der Waals surface area (Å²) in [4.78, 5) is 13.8. The molecule has 2 aromatic carbocycles. The maximum absolute atomic E-state index is 14.3. The van der Waals surface area contributed by atoms with E-state index in [9.17, 15) is 4.39 Å². The highest BCUT2D eigenvalue weighted by Gasteiger charge is 2.41. The molecule has 2 N–H and O–H groups in total. The van der Waals surface area contributed by atoms with Gasteiger partial charge in [-0.1, -0.05) is 11.6 Å². The lowest BCUT2D eigenvalue weighted by Gasteiger charge is -2.24. The van der Waals surface area contributed by atoms with Crippen LogP contribution in [0.3, 0.4) is 0 Å². The van der Waals surface area contributed by atoms with Crippen LogP contribution in [0.1, 0.15) is 19.3 Å². The molecule has 186 valence electrons. The van der Waals surface area contributed by atoms with Crippen molar-refractivity contribution in [3.8, 4) is 5.75 Å². The van der Waals surface area contributed by atoms with E-state index in [-0.39, 0.29) is 5.69 Å². The maximum atomic E-state index is 14.3. The largest absolute Gasteiger partial charge is 0.491 e. The lowest BCUT2D eigenvalue weighted by atomic mass is 9.86. The lowest BCUT2D eigenvalue weighted by Crippen LogP contribution is -2.30. The number of nitrogens with one attached hydrogen (secondary N) is 2. The highest BCUT2D eigenvalue weighted by atomic mass is 35.5. The molecule has 0 aliphatic carbocycles. The minimum Gasteiger partial charge on any atom is -0.491 e. The van der Waals surface area contributed by atoms with Crippen molar-refractivity contribution in [2.75, 3.05) is 64.1 Å². The van der Waals surface area contributed by atoms with Gasteiger partial charge in [0.05, 0.1) is 23.5 Å². The normalized spacial score (nSPS) is 20.7. The first kappa shape index (κ1) is 24.0.